The predicted molar refractivity (Wildman–Crippen MR) is 76.0 cm³/mol. The molecule has 0 aromatic heterocycles. The summed E-state index contributed by atoms with van der Waals surface area (Å²) in [6, 6.07) is 9.45. The summed E-state index contributed by atoms with van der Waals surface area (Å²) in [6.07, 6.45) is 4.77. The number of allylic oxidation sites excluding steroid dienone is 1. The van der Waals surface area contributed by atoms with E-state index in [1.165, 1.54) is 12.5 Å². The van der Waals surface area contributed by atoms with Crippen molar-refractivity contribution in [1.29, 1.82) is 5.41 Å². The minimum Gasteiger partial charge on any atom is -0.370 e. The summed E-state index contributed by atoms with van der Waals surface area (Å²) in [5, 5.41) is 8.30. The topological polar surface area (TPSA) is 70.2 Å². The zero-order valence-electron chi connectivity index (χ0n) is 10.9. The van der Waals surface area contributed by atoms with Crippen molar-refractivity contribution in [2.45, 2.75) is 19.3 Å². The smallest absolute Gasteiger partial charge is 0.243 e. The van der Waals surface area contributed by atoms with Crippen LogP contribution in [0.3, 0.4) is 0 Å². The molecule has 1 aromatic rings. The van der Waals surface area contributed by atoms with Gasteiger partial charge in [-0.3, -0.25) is 10.2 Å². The largest absolute Gasteiger partial charge is 0.370 e. The first kappa shape index (κ1) is 13.3. The van der Waals surface area contributed by atoms with Crippen LogP contribution in [0.5, 0.6) is 0 Å². The van der Waals surface area contributed by atoms with Crippen molar-refractivity contribution in [2.24, 2.45) is 5.73 Å². The Labute approximate surface area is 113 Å². The molecule has 100 valence electrons. The number of carbonyl (C=O) groups excluding carboxylic acids is 1. The van der Waals surface area contributed by atoms with Crippen LogP contribution in [-0.2, 0) is 4.79 Å². The van der Waals surface area contributed by atoms with Gasteiger partial charge in [-0.1, -0.05) is 30.3 Å². The third-order valence-electron chi connectivity index (χ3n) is 3.29. The Morgan fingerprint density at radius 1 is 1.16 bits per heavy atom. The van der Waals surface area contributed by atoms with Crippen LogP contribution < -0.4 is 5.73 Å². The number of rotatable bonds is 4. The van der Waals surface area contributed by atoms with Gasteiger partial charge >= 0.3 is 0 Å². The second-order valence-corrected chi connectivity index (χ2v) is 4.72. The Kier molecular flexibility index (Phi) is 4.34. The standard InChI is InChI=1S/C15H19N3O/c16-14(19)11-13(18-9-5-2-6-10-18)15(17)12-7-3-1-4-8-12/h1,3-4,7-8,11,17H,2,5-6,9-10H2,(H2,16,19)/b13-11+,17-15?. The first-order valence-electron chi connectivity index (χ1n) is 6.59. The quantitative estimate of drug-likeness (QED) is 0.639. The Bertz CT molecular complexity index is 487. The molecule has 0 bridgehead atoms. The van der Waals surface area contributed by atoms with Crippen LogP contribution >= 0.6 is 0 Å². The maximum Gasteiger partial charge on any atom is 0.243 e. The van der Waals surface area contributed by atoms with E-state index in [1.807, 2.05) is 30.3 Å². The summed E-state index contributed by atoms with van der Waals surface area (Å²) in [7, 11) is 0. The highest BCUT2D eigenvalue weighted by molar-refractivity contribution is 6.12. The van der Waals surface area contributed by atoms with E-state index in [9.17, 15) is 4.79 Å². The van der Waals surface area contributed by atoms with Gasteiger partial charge in [0.2, 0.25) is 5.91 Å². The summed E-state index contributed by atoms with van der Waals surface area (Å²) in [4.78, 5) is 13.3. The molecule has 1 aliphatic heterocycles. The first-order valence-corrected chi connectivity index (χ1v) is 6.59. The van der Waals surface area contributed by atoms with Crippen molar-refractivity contribution in [1.82, 2.24) is 4.90 Å². The molecule has 4 nitrogen and oxygen atoms in total. The summed E-state index contributed by atoms with van der Waals surface area (Å²) >= 11 is 0. The van der Waals surface area contributed by atoms with Gasteiger partial charge in [0, 0.05) is 24.7 Å². The first-order chi connectivity index (χ1) is 9.18. The lowest BCUT2D eigenvalue weighted by Crippen LogP contribution is -2.33. The zero-order valence-corrected chi connectivity index (χ0v) is 10.9. The number of amides is 1. The molecule has 1 heterocycles. The van der Waals surface area contributed by atoms with Gasteiger partial charge in [-0.25, -0.2) is 0 Å². The second-order valence-electron chi connectivity index (χ2n) is 4.72. The average molecular weight is 257 g/mol. The molecule has 1 fully saturated rings. The molecule has 1 amide bonds. The molecule has 0 radical (unpaired) electrons. The molecule has 1 saturated heterocycles. The van der Waals surface area contributed by atoms with E-state index in [0.717, 1.165) is 31.5 Å². The van der Waals surface area contributed by atoms with Crippen molar-refractivity contribution in [3.05, 3.63) is 47.7 Å². The van der Waals surface area contributed by atoms with Gasteiger partial charge in [0.1, 0.15) is 0 Å². The highest BCUT2D eigenvalue weighted by atomic mass is 16.1. The minimum absolute atomic E-state index is 0.362. The molecule has 0 unspecified atom stereocenters. The zero-order chi connectivity index (χ0) is 13.7. The van der Waals surface area contributed by atoms with E-state index in [2.05, 4.69) is 4.90 Å². The van der Waals surface area contributed by atoms with Crippen LogP contribution in [0.15, 0.2) is 42.1 Å². The van der Waals surface area contributed by atoms with Gasteiger partial charge < -0.3 is 10.6 Å². The maximum absolute atomic E-state index is 11.2. The number of hydrogen-bond donors (Lipinski definition) is 2. The van der Waals surface area contributed by atoms with Gasteiger partial charge in [-0.2, -0.15) is 0 Å². The number of hydrogen-bond acceptors (Lipinski definition) is 3. The fourth-order valence-corrected chi connectivity index (χ4v) is 2.34. The lowest BCUT2D eigenvalue weighted by Gasteiger charge is -2.31. The van der Waals surface area contributed by atoms with Crippen LogP contribution in [0.4, 0.5) is 0 Å². The normalized spacial score (nSPS) is 16.2. The molecule has 0 atom stereocenters. The Hall–Kier alpha value is -2.10. The average Bonchev–Trinajstić information content (AvgIpc) is 2.46. The van der Waals surface area contributed by atoms with Crippen molar-refractivity contribution < 1.29 is 4.79 Å². The number of carbonyl (C=O) groups is 1. The van der Waals surface area contributed by atoms with Gasteiger partial charge in [0.05, 0.1) is 11.4 Å². The number of likely N-dealkylation sites (tertiary alicyclic amines) is 1. The Balaban J connectivity index is 2.27. The minimum atomic E-state index is -0.499. The monoisotopic (exact) mass is 257 g/mol. The molecule has 2 rings (SSSR count). The number of primary amides is 1. The number of nitrogens with zero attached hydrogens (tertiary/aromatic N) is 1. The SMILES string of the molecule is N=C(/C(=C\C(N)=O)N1CCCCC1)c1ccccc1. The van der Waals surface area contributed by atoms with Crippen molar-refractivity contribution >= 4 is 11.6 Å². The van der Waals surface area contributed by atoms with Gasteiger partial charge in [0.25, 0.3) is 0 Å². The molecule has 0 spiro atoms. The maximum atomic E-state index is 11.2. The summed E-state index contributed by atoms with van der Waals surface area (Å²) < 4.78 is 0. The summed E-state index contributed by atoms with van der Waals surface area (Å²) in [5.74, 6) is -0.499. The highest BCUT2D eigenvalue weighted by Crippen LogP contribution is 2.18. The molecule has 4 heteroatoms. The van der Waals surface area contributed by atoms with E-state index >= 15 is 0 Å². The Morgan fingerprint density at radius 3 is 2.37 bits per heavy atom. The second kappa shape index (κ2) is 6.18. The van der Waals surface area contributed by atoms with Crippen LogP contribution in [0.1, 0.15) is 24.8 Å². The van der Waals surface area contributed by atoms with E-state index in [0.29, 0.717) is 11.4 Å². The number of nitrogens with two attached hydrogens (primary N) is 1. The van der Waals surface area contributed by atoms with Crippen molar-refractivity contribution in [3.63, 3.8) is 0 Å². The molecule has 19 heavy (non-hydrogen) atoms. The summed E-state index contributed by atoms with van der Waals surface area (Å²) in [5.41, 5.74) is 7.08. The van der Waals surface area contributed by atoms with Crippen LogP contribution in [0.2, 0.25) is 0 Å². The van der Waals surface area contributed by atoms with Crippen LogP contribution in [0, 0.1) is 5.41 Å². The summed E-state index contributed by atoms with van der Waals surface area (Å²) in [6.45, 7) is 1.77. The predicted octanol–water partition coefficient (Wildman–Crippen LogP) is 1.91. The van der Waals surface area contributed by atoms with E-state index in [4.69, 9.17) is 11.1 Å². The molecule has 0 aliphatic carbocycles. The van der Waals surface area contributed by atoms with Gasteiger partial charge in [-0.15, -0.1) is 0 Å². The lowest BCUT2D eigenvalue weighted by molar-refractivity contribution is -0.113. The third-order valence-corrected chi connectivity index (χ3v) is 3.29. The molecular formula is C15H19N3O. The molecule has 1 aliphatic rings. The van der Waals surface area contributed by atoms with E-state index < -0.39 is 5.91 Å². The fourth-order valence-electron chi connectivity index (χ4n) is 2.34. The lowest BCUT2D eigenvalue weighted by atomic mass is 10.0. The van der Waals surface area contributed by atoms with Crippen molar-refractivity contribution in [3.8, 4) is 0 Å². The van der Waals surface area contributed by atoms with Gasteiger partial charge in [0.15, 0.2) is 0 Å². The molecular weight excluding hydrogens is 238 g/mol. The molecule has 3 N–H and O–H groups in total. The molecule has 0 saturated carbocycles. The molecule has 1 aromatic carbocycles. The van der Waals surface area contributed by atoms with E-state index in [-0.39, 0.29) is 0 Å². The number of nitrogens with one attached hydrogen (secondary N) is 1. The van der Waals surface area contributed by atoms with Crippen LogP contribution in [-0.4, -0.2) is 29.6 Å². The third kappa shape index (κ3) is 3.44. The number of piperidine rings is 1. The number of benzene rings is 1. The van der Waals surface area contributed by atoms with E-state index in [1.54, 1.807) is 0 Å². The van der Waals surface area contributed by atoms with Crippen molar-refractivity contribution in [2.75, 3.05) is 13.1 Å². The highest BCUT2D eigenvalue weighted by Gasteiger charge is 2.18. The van der Waals surface area contributed by atoms with Gasteiger partial charge in [-0.05, 0) is 19.3 Å². The van der Waals surface area contributed by atoms with Crippen LogP contribution in [0.25, 0.3) is 0 Å². The fraction of sp³-hybridized carbons (Fsp3) is 0.333. The Morgan fingerprint density at radius 2 is 1.79 bits per heavy atom.